The Balaban J connectivity index is 1.92. The molecule has 1 fully saturated rings. The van der Waals surface area contributed by atoms with Crippen molar-refractivity contribution < 1.29 is 32.1 Å². The highest BCUT2D eigenvalue weighted by molar-refractivity contribution is 7.91. The second kappa shape index (κ2) is 7.70. The average Bonchev–Trinajstić information content (AvgIpc) is 2.51. The van der Waals surface area contributed by atoms with Crippen molar-refractivity contribution in [2.24, 2.45) is 11.8 Å². The van der Waals surface area contributed by atoms with Gasteiger partial charge in [-0.1, -0.05) is 0 Å². The summed E-state index contributed by atoms with van der Waals surface area (Å²) in [6.07, 6.45) is -3.95. The Kier molecular flexibility index (Phi) is 6.05. The maximum absolute atomic E-state index is 12.5. The number of alkyl halides is 3. The van der Waals surface area contributed by atoms with Gasteiger partial charge in [-0.05, 0) is 54.7 Å². The quantitative estimate of drug-likeness (QED) is 0.587. The van der Waals surface area contributed by atoms with Crippen LogP contribution in [0.1, 0.15) is 31.7 Å². The van der Waals surface area contributed by atoms with Gasteiger partial charge in [0.1, 0.15) is 17.5 Å². The molecule has 0 N–H and O–H groups in total. The van der Waals surface area contributed by atoms with Crippen LogP contribution in [0.15, 0.2) is 29.2 Å². The molecular weight excluding hydrogens is 357 g/mol. The number of carbonyl (C=O) groups is 3. The first kappa shape index (κ1) is 19.7. The highest BCUT2D eigenvalue weighted by atomic mass is 32.2. The molecule has 25 heavy (non-hydrogen) atoms. The Morgan fingerprint density at radius 2 is 1.68 bits per heavy atom. The van der Waals surface area contributed by atoms with Crippen molar-refractivity contribution in [3.05, 3.63) is 29.8 Å². The Bertz CT molecular complexity index is 651. The molecule has 1 aliphatic carbocycles. The standard InChI is InChI=1S/C17H17F3O4S/c1-10(21)16-14(22)8-11(9-15(16)23)6-7-25(24)13-4-2-12(3-5-13)17(18,19)20/h2-5,11,16H,6-9H2,1H3. The zero-order chi connectivity index (χ0) is 18.8. The molecule has 0 saturated heterocycles. The van der Waals surface area contributed by atoms with Crippen LogP contribution in [0.4, 0.5) is 13.2 Å². The van der Waals surface area contributed by atoms with Gasteiger partial charge in [-0.3, -0.25) is 14.4 Å². The van der Waals surface area contributed by atoms with E-state index in [1.54, 1.807) is 0 Å². The zero-order valence-corrected chi connectivity index (χ0v) is 14.3. The van der Waals surface area contributed by atoms with E-state index < -0.39 is 46.2 Å². The number of ketones is 3. The third kappa shape index (κ3) is 4.92. The SMILES string of the molecule is CC(=O)C1C(=O)CC(CC[S+]([O-])c2ccc(C(F)(F)F)cc2)CC1=O. The van der Waals surface area contributed by atoms with E-state index >= 15 is 0 Å². The summed E-state index contributed by atoms with van der Waals surface area (Å²) in [5.41, 5.74) is -0.813. The van der Waals surface area contributed by atoms with Gasteiger partial charge in [-0.25, -0.2) is 0 Å². The van der Waals surface area contributed by atoms with Crippen LogP contribution < -0.4 is 0 Å². The molecule has 0 bridgehead atoms. The maximum atomic E-state index is 12.5. The van der Waals surface area contributed by atoms with Gasteiger partial charge in [0.05, 0.1) is 5.56 Å². The molecule has 0 aromatic heterocycles. The summed E-state index contributed by atoms with van der Waals surface area (Å²) in [6.45, 7) is 1.21. The van der Waals surface area contributed by atoms with Gasteiger partial charge in [0.15, 0.2) is 16.5 Å². The van der Waals surface area contributed by atoms with Crippen LogP contribution in [0.25, 0.3) is 0 Å². The van der Waals surface area contributed by atoms with Crippen molar-refractivity contribution in [3.63, 3.8) is 0 Å². The van der Waals surface area contributed by atoms with Crippen molar-refractivity contribution in [2.45, 2.75) is 37.3 Å². The van der Waals surface area contributed by atoms with Crippen LogP contribution in [-0.4, -0.2) is 27.7 Å². The van der Waals surface area contributed by atoms with Crippen LogP contribution in [0.5, 0.6) is 0 Å². The van der Waals surface area contributed by atoms with E-state index in [-0.39, 0.29) is 29.4 Å². The van der Waals surface area contributed by atoms with Gasteiger partial charge in [-0.2, -0.15) is 13.2 Å². The third-order valence-electron chi connectivity index (χ3n) is 4.19. The van der Waals surface area contributed by atoms with Gasteiger partial charge in [0.2, 0.25) is 0 Å². The van der Waals surface area contributed by atoms with Gasteiger partial charge in [0, 0.05) is 12.8 Å². The van der Waals surface area contributed by atoms with Gasteiger partial charge in [0.25, 0.3) is 0 Å². The number of halogens is 3. The molecule has 1 aliphatic rings. The molecule has 0 heterocycles. The predicted octanol–water partition coefficient (Wildman–Crippen LogP) is 2.96. The summed E-state index contributed by atoms with van der Waals surface area (Å²) in [4.78, 5) is 35.3. The normalized spacial score (nSPS) is 22.8. The zero-order valence-electron chi connectivity index (χ0n) is 13.5. The minimum Gasteiger partial charge on any atom is -0.611 e. The van der Waals surface area contributed by atoms with Crippen molar-refractivity contribution in [1.29, 1.82) is 0 Å². The summed E-state index contributed by atoms with van der Waals surface area (Å²) >= 11 is -1.52. The fourth-order valence-electron chi connectivity index (χ4n) is 2.90. The molecule has 0 spiro atoms. The number of carbonyl (C=O) groups excluding carboxylic acids is 3. The highest BCUT2D eigenvalue weighted by Crippen LogP contribution is 2.31. The van der Waals surface area contributed by atoms with Crippen LogP contribution in [0, 0.1) is 11.8 Å². The number of hydrogen-bond donors (Lipinski definition) is 0. The maximum Gasteiger partial charge on any atom is 0.416 e. The molecule has 1 unspecified atom stereocenters. The predicted molar refractivity (Wildman–Crippen MR) is 84.2 cm³/mol. The molecule has 1 atom stereocenters. The molecule has 1 aromatic rings. The van der Waals surface area contributed by atoms with E-state index in [2.05, 4.69) is 0 Å². The largest absolute Gasteiger partial charge is 0.611 e. The Hall–Kier alpha value is -1.67. The smallest absolute Gasteiger partial charge is 0.416 e. The van der Waals surface area contributed by atoms with Gasteiger partial charge < -0.3 is 4.55 Å². The van der Waals surface area contributed by atoms with E-state index in [1.807, 2.05) is 0 Å². The summed E-state index contributed by atoms with van der Waals surface area (Å²) in [5.74, 6) is -2.59. The molecule has 4 nitrogen and oxygen atoms in total. The summed E-state index contributed by atoms with van der Waals surface area (Å²) in [6, 6.07) is 4.08. The van der Waals surface area contributed by atoms with Crippen LogP contribution in [0.2, 0.25) is 0 Å². The Labute approximate surface area is 146 Å². The molecule has 1 aromatic carbocycles. The first-order chi connectivity index (χ1) is 11.6. The van der Waals surface area contributed by atoms with Crippen molar-refractivity contribution in [2.75, 3.05) is 5.75 Å². The Morgan fingerprint density at radius 3 is 2.12 bits per heavy atom. The summed E-state index contributed by atoms with van der Waals surface area (Å²) in [7, 11) is 0. The van der Waals surface area contributed by atoms with Crippen LogP contribution in [0.3, 0.4) is 0 Å². The van der Waals surface area contributed by atoms with Crippen LogP contribution >= 0.6 is 0 Å². The third-order valence-corrected chi connectivity index (χ3v) is 5.59. The van der Waals surface area contributed by atoms with E-state index in [9.17, 15) is 32.1 Å². The topological polar surface area (TPSA) is 74.3 Å². The minimum atomic E-state index is -4.45. The number of rotatable bonds is 5. The van der Waals surface area contributed by atoms with Gasteiger partial charge >= 0.3 is 6.18 Å². The van der Waals surface area contributed by atoms with Crippen molar-refractivity contribution in [1.82, 2.24) is 0 Å². The number of hydrogen-bond acceptors (Lipinski definition) is 4. The summed E-state index contributed by atoms with van der Waals surface area (Å²) in [5, 5.41) is 0. The second-order valence-electron chi connectivity index (χ2n) is 6.11. The molecular formula is C17H17F3O4S. The van der Waals surface area contributed by atoms with Crippen molar-refractivity contribution >= 4 is 28.5 Å². The fourth-order valence-corrected chi connectivity index (χ4v) is 4.12. The molecule has 0 radical (unpaired) electrons. The van der Waals surface area contributed by atoms with E-state index in [4.69, 9.17) is 0 Å². The van der Waals surface area contributed by atoms with E-state index in [0.717, 1.165) is 12.1 Å². The second-order valence-corrected chi connectivity index (χ2v) is 7.68. The fraction of sp³-hybridized carbons (Fsp3) is 0.471. The monoisotopic (exact) mass is 374 g/mol. The summed E-state index contributed by atoms with van der Waals surface area (Å²) < 4.78 is 49.7. The first-order valence-electron chi connectivity index (χ1n) is 7.71. The van der Waals surface area contributed by atoms with Crippen LogP contribution in [-0.2, 0) is 31.7 Å². The molecule has 2 rings (SSSR count). The molecule has 0 amide bonds. The number of benzene rings is 1. The van der Waals surface area contributed by atoms with E-state index in [0.29, 0.717) is 6.42 Å². The van der Waals surface area contributed by atoms with Gasteiger partial charge in [-0.15, -0.1) is 0 Å². The lowest BCUT2D eigenvalue weighted by atomic mass is 9.77. The van der Waals surface area contributed by atoms with Crippen molar-refractivity contribution in [3.8, 4) is 0 Å². The molecule has 0 aliphatic heterocycles. The first-order valence-corrected chi connectivity index (χ1v) is 9.03. The molecule has 136 valence electrons. The highest BCUT2D eigenvalue weighted by Gasteiger charge is 2.38. The Morgan fingerprint density at radius 1 is 1.16 bits per heavy atom. The lowest BCUT2D eigenvalue weighted by Crippen LogP contribution is -2.38. The lowest BCUT2D eigenvalue weighted by molar-refractivity contribution is -0.143. The lowest BCUT2D eigenvalue weighted by Gasteiger charge is -2.25. The average molecular weight is 374 g/mol. The van der Waals surface area contributed by atoms with E-state index in [1.165, 1.54) is 19.1 Å². The molecule has 8 heteroatoms. The minimum absolute atomic E-state index is 0.0835. The number of Topliss-reactive ketones (excluding diaryl/α,β-unsaturated/α-hetero) is 3. The molecule has 1 saturated carbocycles.